The molecule has 19 heavy (non-hydrogen) atoms. The fraction of sp³-hybridized carbons (Fsp3) is 1.00. The van der Waals surface area contributed by atoms with Crippen molar-refractivity contribution in [1.82, 2.24) is 10.2 Å². The van der Waals surface area contributed by atoms with E-state index in [2.05, 4.69) is 35.8 Å². The first-order valence-corrected chi connectivity index (χ1v) is 9.46. The van der Waals surface area contributed by atoms with Crippen molar-refractivity contribution < 1.29 is 0 Å². The number of nitrogens with zero attached hydrogens (tertiary/aromatic N) is 1. The van der Waals surface area contributed by atoms with E-state index in [1.165, 1.54) is 70.3 Å². The highest BCUT2D eigenvalue weighted by Gasteiger charge is 2.27. The summed E-state index contributed by atoms with van der Waals surface area (Å²) in [5.41, 5.74) is 0. The summed E-state index contributed by atoms with van der Waals surface area (Å²) in [5.74, 6) is 1.28. The molecular weight excluding hydrogens is 252 g/mol. The minimum absolute atomic E-state index is 0.789. The van der Waals surface area contributed by atoms with Gasteiger partial charge < -0.3 is 10.2 Å². The topological polar surface area (TPSA) is 15.3 Å². The van der Waals surface area contributed by atoms with Crippen LogP contribution in [0.4, 0.5) is 0 Å². The molecule has 112 valence electrons. The van der Waals surface area contributed by atoms with Gasteiger partial charge in [-0.1, -0.05) is 13.8 Å². The van der Waals surface area contributed by atoms with Crippen LogP contribution >= 0.6 is 11.8 Å². The van der Waals surface area contributed by atoms with Crippen LogP contribution in [0.5, 0.6) is 0 Å². The van der Waals surface area contributed by atoms with Crippen molar-refractivity contribution in [2.45, 2.75) is 76.1 Å². The van der Waals surface area contributed by atoms with Gasteiger partial charge in [0, 0.05) is 17.3 Å². The van der Waals surface area contributed by atoms with Crippen LogP contribution in [-0.4, -0.2) is 47.6 Å². The van der Waals surface area contributed by atoms with Crippen LogP contribution in [0.3, 0.4) is 0 Å². The third-order valence-corrected chi connectivity index (χ3v) is 5.85. The molecule has 0 aromatic carbocycles. The molecule has 2 rings (SSSR count). The molecule has 1 heterocycles. The lowest BCUT2D eigenvalue weighted by Crippen LogP contribution is -2.37. The fourth-order valence-corrected chi connectivity index (χ4v) is 4.82. The maximum atomic E-state index is 3.97. The van der Waals surface area contributed by atoms with Gasteiger partial charge >= 0.3 is 0 Å². The van der Waals surface area contributed by atoms with Gasteiger partial charge in [0.05, 0.1) is 0 Å². The number of nitrogens with one attached hydrogen (secondary N) is 1. The molecule has 3 heteroatoms. The van der Waals surface area contributed by atoms with Crippen molar-refractivity contribution in [1.29, 1.82) is 0 Å². The van der Waals surface area contributed by atoms with Crippen molar-refractivity contribution in [3.63, 3.8) is 0 Å². The second kappa shape index (κ2) is 8.53. The first-order valence-electron chi connectivity index (χ1n) is 8.41. The molecule has 0 aromatic heterocycles. The molecule has 0 aromatic rings. The largest absolute Gasteiger partial charge is 0.311 e. The molecule has 3 unspecified atom stereocenters. The third-order valence-electron chi connectivity index (χ3n) is 4.62. The molecule has 2 aliphatic rings. The molecule has 0 spiro atoms. The Balaban J connectivity index is 1.68. The van der Waals surface area contributed by atoms with Crippen LogP contribution < -0.4 is 5.32 Å². The maximum absolute atomic E-state index is 3.97. The van der Waals surface area contributed by atoms with E-state index in [0.29, 0.717) is 0 Å². The fourth-order valence-electron chi connectivity index (χ4n) is 3.67. The molecule has 2 fully saturated rings. The summed E-state index contributed by atoms with van der Waals surface area (Å²) in [4.78, 5) is 2.66. The van der Waals surface area contributed by atoms with Gasteiger partial charge in [-0.25, -0.2) is 0 Å². The minimum atomic E-state index is 0.789. The van der Waals surface area contributed by atoms with E-state index in [1.54, 1.807) is 0 Å². The van der Waals surface area contributed by atoms with Gasteiger partial charge in [-0.3, -0.25) is 0 Å². The molecule has 0 radical (unpaired) electrons. The molecule has 1 saturated carbocycles. The molecule has 1 aliphatic carbocycles. The molecule has 1 saturated heterocycles. The van der Waals surface area contributed by atoms with E-state index in [4.69, 9.17) is 0 Å². The Hall–Kier alpha value is 0.270. The zero-order valence-electron chi connectivity index (χ0n) is 12.9. The van der Waals surface area contributed by atoms with Gasteiger partial charge in [0.15, 0.2) is 0 Å². The van der Waals surface area contributed by atoms with Crippen LogP contribution in [0.2, 0.25) is 0 Å². The highest BCUT2D eigenvalue weighted by molar-refractivity contribution is 7.99. The van der Waals surface area contributed by atoms with E-state index in [-0.39, 0.29) is 0 Å². The first-order chi connectivity index (χ1) is 9.31. The number of hydrogen-bond acceptors (Lipinski definition) is 3. The highest BCUT2D eigenvalue weighted by Crippen LogP contribution is 2.30. The van der Waals surface area contributed by atoms with Crippen LogP contribution in [0, 0.1) is 0 Å². The number of likely N-dealkylation sites (tertiary alicyclic amines) is 1. The Morgan fingerprint density at radius 2 is 1.95 bits per heavy atom. The molecular formula is C16H32N2S. The average molecular weight is 285 g/mol. The number of rotatable bonds is 6. The summed E-state index contributed by atoms with van der Waals surface area (Å²) in [6.45, 7) is 8.52. The van der Waals surface area contributed by atoms with Crippen LogP contribution in [0.25, 0.3) is 0 Å². The van der Waals surface area contributed by atoms with Gasteiger partial charge in [-0.2, -0.15) is 11.8 Å². The Labute approximate surface area is 124 Å². The summed E-state index contributed by atoms with van der Waals surface area (Å²) in [6.07, 6.45) is 9.70. The molecule has 3 atom stereocenters. The normalized spacial score (nSPS) is 33.5. The lowest BCUT2D eigenvalue weighted by atomic mass is 10.1. The Kier molecular flexibility index (Phi) is 7.03. The molecule has 1 N–H and O–H groups in total. The van der Waals surface area contributed by atoms with Gasteiger partial charge in [0.2, 0.25) is 0 Å². The summed E-state index contributed by atoms with van der Waals surface area (Å²) in [7, 11) is 0. The standard InChI is InChI=1S/C16H32N2S/c1-3-10-18-11-5-6-14(9-12-18)17-15-7-8-16(13-15)19-4-2/h14-17H,3-13H2,1-2H3. The van der Waals surface area contributed by atoms with Crippen LogP contribution in [0.15, 0.2) is 0 Å². The predicted octanol–water partition coefficient (Wildman–Crippen LogP) is 3.51. The van der Waals surface area contributed by atoms with Crippen LogP contribution in [0.1, 0.15) is 58.8 Å². The van der Waals surface area contributed by atoms with Gasteiger partial charge in [0.25, 0.3) is 0 Å². The SMILES string of the molecule is CCCN1CCCC(NC2CCC(SCC)C2)CC1. The second-order valence-electron chi connectivity index (χ2n) is 6.22. The molecule has 1 aliphatic heterocycles. The minimum Gasteiger partial charge on any atom is -0.311 e. The molecule has 0 bridgehead atoms. The predicted molar refractivity (Wildman–Crippen MR) is 87.1 cm³/mol. The quantitative estimate of drug-likeness (QED) is 0.803. The maximum Gasteiger partial charge on any atom is 0.00823 e. The average Bonchev–Trinajstić information content (AvgIpc) is 2.71. The van der Waals surface area contributed by atoms with E-state index in [0.717, 1.165) is 17.3 Å². The molecule has 2 nitrogen and oxygen atoms in total. The van der Waals surface area contributed by atoms with Crippen molar-refractivity contribution >= 4 is 11.8 Å². The lowest BCUT2D eigenvalue weighted by molar-refractivity contribution is 0.281. The third kappa shape index (κ3) is 5.28. The monoisotopic (exact) mass is 284 g/mol. The van der Waals surface area contributed by atoms with Crippen molar-refractivity contribution in [3.05, 3.63) is 0 Å². The number of thioether (sulfide) groups is 1. The van der Waals surface area contributed by atoms with Crippen molar-refractivity contribution in [2.75, 3.05) is 25.4 Å². The van der Waals surface area contributed by atoms with Crippen LogP contribution in [-0.2, 0) is 0 Å². The van der Waals surface area contributed by atoms with E-state index in [1.807, 2.05) is 0 Å². The van der Waals surface area contributed by atoms with Gasteiger partial charge in [-0.05, 0) is 70.3 Å². The van der Waals surface area contributed by atoms with Gasteiger partial charge in [-0.15, -0.1) is 0 Å². The molecule has 0 amide bonds. The summed E-state index contributed by atoms with van der Waals surface area (Å²) in [5, 5.41) is 4.90. The Morgan fingerprint density at radius 1 is 1.05 bits per heavy atom. The summed E-state index contributed by atoms with van der Waals surface area (Å²) < 4.78 is 0. The summed E-state index contributed by atoms with van der Waals surface area (Å²) >= 11 is 2.17. The van der Waals surface area contributed by atoms with Crippen molar-refractivity contribution in [2.24, 2.45) is 0 Å². The Morgan fingerprint density at radius 3 is 2.74 bits per heavy atom. The van der Waals surface area contributed by atoms with Crippen molar-refractivity contribution in [3.8, 4) is 0 Å². The Bertz CT molecular complexity index is 247. The van der Waals surface area contributed by atoms with E-state index >= 15 is 0 Å². The zero-order valence-corrected chi connectivity index (χ0v) is 13.7. The second-order valence-corrected chi connectivity index (χ2v) is 7.80. The smallest absolute Gasteiger partial charge is 0.00823 e. The first kappa shape index (κ1) is 15.7. The highest BCUT2D eigenvalue weighted by atomic mass is 32.2. The lowest BCUT2D eigenvalue weighted by Gasteiger charge is -2.22. The zero-order chi connectivity index (χ0) is 13.5. The number of hydrogen-bond donors (Lipinski definition) is 1. The van der Waals surface area contributed by atoms with E-state index < -0.39 is 0 Å². The summed E-state index contributed by atoms with van der Waals surface area (Å²) in [6, 6.07) is 1.60. The van der Waals surface area contributed by atoms with Gasteiger partial charge in [0.1, 0.15) is 0 Å². The van der Waals surface area contributed by atoms with E-state index in [9.17, 15) is 0 Å².